The quantitative estimate of drug-likeness (QED) is 0.0209. The molecule has 0 atom stereocenters. The summed E-state index contributed by atoms with van der Waals surface area (Å²) in [6.07, 6.45) is 42.5. The standard InChI is InChI=1S/C52H91NO6S2/c1-5-7-9-11-13-15-17-19-21-23-25-27-29-31-34-48(35-32-30-28-26-24-22-20-18-16-14-12-10-8-6-2)52(56)59-49-39-37-47(38-40-49)46-51(55)58-43-45-61-60-44-42-57-50(54)36-33-41-53(3)4/h33,36-40,48H,5-32,34-35,41-46H2,1-4H3/b36-33+. The van der Waals surface area contributed by atoms with Crippen molar-refractivity contribution in [1.82, 2.24) is 4.90 Å². The average Bonchev–Trinajstić information content (AvgIpc) is 3.24. The Morgan fingerprint density at radius 3 is 1.36 bits per heavy atom. The second kappa shape index (κ2) is 43.3. The van der Waals surface area contributed by atoms with E-state index >= 15 is 0 Å². The molecule has 0 aromatic heterocycles. The lowest BCUT2D eigenvalue weighted by Gasteiger charge is -2.16. The van der Waals surface area contributed by atoms with Crippen molar-refractivity contribution in [2.75, 3.05) is 45.4 Å². The summed E-state index contributed by atoms with van der Waals surface area (Å²) in [4.78, 5) is 39.6. The lowest BCUT2D eigenvalue weighted by atomic mass is 9.94. The number of ether oxygens (including phenoxy) is 3. The fourth-order valence-corrected chi connectivity index (χ4v) is 9.19. The van der Waals surface area contributed by atoms with Crippen LogP contribution in [0.15, 0.2) is 36.4 Å². The van der Waals surface area contributed by atoms with Crippen molar-refractivity contribution in [3.05, 3.63) is 42.0 Å². The zero-order valence-electron chi connectivity index (χ0n) is 39.7. The Hall–Kier alpha value is -1.97. The molecule has 0 heterocycles. The molecule has 61 heavy (non-hydrogen) atoms. The predicted molar refractivity (Wildman–Crippen MR) is 264 cm³/mol. The third-order valence-corrected chi connectivity index (χ3v) is 13.6. The van der Waals surface area contributed by atoms with Gasteiger partial charge >= 0.3 is 17.9 Å². The highest BCUT2D eigenvalue weighted by Crippen LogP contribution is 2.24. The van der Waals surface area contributed by atoms with Gasteiger partial charge in [0.25, 0.3) is 0 Å². The van der Waals surface area contributed by atoms with E-state index in [9.17, 15) is 14.4 Å². The Morgan fingerprint density at radius 1 is 0.557 bits per heavy atom. The Morgan fingerprint density at radius 2 is 0.951 bits per heavy atom. The van der Waals surface area contributed by atoms with Crippen LogP contribution in [0.25, 0.3) is 0 Å². The highest BCUT2D eigenvalue weighted by atomic mass is 33.1. The lowest BCUT2D eigenvalue weighted by Crippen LogP contribution is -2.21. The Bertz CT molecular complexity index is 1160. The molecule has 1 aromatic carbocycles. The zero-order valence-corrected chi connectivity index (χ0v) is 41.3. The minimum absolute atomic E-state index is 0.0643. The average molecular weight is 890 g/mol. The Labute approximate surface area is 383 Å². The second-order valence-electron chi connectivity index (χ2n) is 17.4. The third kappa shape index (κ3) is 38.2. The zero-order chi connectivity index (χ0) is 44.3. The number of unbranched alkanes of at least 4 members (excludes halogenated alkanes) is 26. The van der Waals surface area contributed by atoms with E-state index in [2.05, 4.69) is 13.8 Å². The van der Waals surface area contributed by atoms with Crippen LogP contribution in [0.4, 0.5) is 0 Å². The molecule has 1 aromatic rings. The molecule has 9 heteroatoms. The van der Waals surface area contributed by atoms with Gasteiger partial charge in [-0.25, -0.2) is 4.79 Å². The fraction of sp³-hybridized carbons (Fsp3) is 0.788. The van der Waals surface area contributed by atoms with Crippen molar-refractivity contribution < 1.29 is 28.6 Å². The van der Waals surface area contributed by atoms with Gasteiger partial charge in [0, 0.05) is 24.1 Å². The first-order valence-electron chi connectivity index (χ1n) is 25.0. The fourth-order valence-electron chi connectivity index (χ4n) is 7.53. The molecule has 0 N–H and O–H groups in total. The van der Waals surface area contributed by atoms with Gasteiger partial charge in [0.15, 0.2) is 0 Å². The van der Waals surface area contributed by atoms with Crippen molar-refractivity contribution in [2.45, 2.75) is 213 Å². The van der Waals surface area contributed by atoms with Crippen LogP contribution in [0.3, 0.4) is 0 Å². The van der Waals surface area contributed by atoms with E-state index in [0.29, 0.717) is 37.0 Å². The van der Waals surface area contributed by atoms with Crippen LogP contribution in [0.5, 0.6) is 5.75 Å². The number of hydrogen-bond donors (Lipinski definition) is 0. The third-order valence-electron chi connectivity index (χ3n) is 11.3. The highest BCUT2D eigenvalue weighted by Gasteiger charge is 2.20. The van der Waals surface area contributed by atoms with Gasteiger partial charge in [0.2, 0.25) is 0 Å². The molecule has 0 unspecified atom stereocenters. The topological polar surface area (TPSA) is 82.1 Å². The number of carbonyl (C=O) groups excluding carboxylic acids is 3. The molecule has 0 radical (unpaired) electrons. The van der Waals surface area contributed by atoms with Crippen LogP contribution in [-0.2, 0) is 30.3 Å². The van der Waals surface area contributed by atoms with E-state index < -0.39 is 0 Å². The Kier molecular flexibility index (Phi) is 40.5. The van der Waals surface area contributed by atoms with E-state index in [-0.39, 0.29) is 30.2 Å². The van der Waals surface area contributed by atoms with Crippen LogP contribution < -0.4 is 4.74 Å². The van der Waals surface area contributed by atoms with Gasteiger partial charge in [-0.05, 0) is 44.6 Å². The van der Waals surface area contributed by atoms with Gasteiger partial charge in [0.05, 0.1) is 12.3 Å². The molecule has 7 nitrogen and oxygen atoms in total. The van der Waals surface area contributed by atoms with Gasteiger partial charge in [-0.2, -0.15) is 0 Å². The van der Waals surface area contributed by atoms with E-state index in [1.54, 1.807) is 39.8 Å². The van der Waals surface area contributed by atoms with Gasteiger partial charge in [0.1, 0.15) is 19.0 Å². The van der Waals surface area contributed by atoms with E-state index in [4.69, 9.17) is 14.2 Å². The molecule has 0 fully saturated rings. The predicted octanol–water partition coefficient (Wildman–Crippen LogP) is 15.1. The number of likely N-dealkylation sites (N-methyl/N-ethyl adjacent to an activating group) is 1. The molecule has 0 bridgehead atoms. The summed E-state index contributed by atoms with van der Waals surface area (Å²) in [5.74, 6) is 1.08. The normalized spacial score (nSPS) is 11.6. The van der Waals surface area contributed by atoms with Gasteiger partial charge in [-0.15, -0.1) is 0 Å². The number of hydrogen-bond acceptors (Lipinski definition) is 9. The minimum atomic E-state index is -0.331. The van der Waals surface area contributed by atoms with E-state index in [0.717, 1.165) is 31.2 Å². The largest absolute Gasteiger partial charge is 0.465 e. The van der Waals surface area contributed by atoms with Gasteiger partial charge in [-0.3, -0.25) is 9.59 Å². The molecule has 1 rings (SSSR count). The monoisotopic (exact) mass is 890 g/mol. The molecule has 0 saturated carbocycles. The minimum Gasteiger partial charge on any atom is -0.465 e. The summed E-state index contributed by atoms with van der Waals surface area (Å²) < 4.78 is 16.6. The number of rotatable bonds is 44. The van der Waals surface area contributed by atoms with Crippen LogP contribution in [0, 0.1) is 5.92 Å². The molecule has 0 spiro atoms. The van der Waals surface area contributed by atoms with E-state index in [1.165, 1.54) is 173 Å². The van der Waals surface area contributed by atoms with Crippen molar-refractivity contribution >= 4 is 39.5 Å². The number of carbonyl (C=O) groups is 3. The van der Waals surface area contributed by atoms with Crippen LogP contribution in [0.2, 0.25) is 0 Å². The number of esters is 3. The summed E-state index contributed by atoms with van der Waals surface area (Å²) in [6, 6.07) is 7.30. The first-order valence-corrected chi connectivity index (χ1v) is 27.5. The second-order valence-corrected chi connectivity index (χ2v) is 20.1. The molecule has 0 aliphatic heterocycles. The molecule has 352 valence electrons. The SMILES string of the molecule is CCCCCCCCCCCCCCCCC(CCCCCCCCCCCCCCCC)C(=O)Oc1ccc(CC(=O)OCCSSCCOC(=O)/C=C/CN(C)C)cc1. The smallest absolute Gasteiger partial charge is 0.330 e. The van der Waals surface area contributed by atoms with Crippen molar-refractivity contribution in [1.29, 1.82) is 0 Å². The Balaban J connectivity index is 2.38. The summed E-state index contributed by atoms with van der Waals surface area (Å²) in [5.41, 5.74) is 0.828. The summed E-state index contributed by atoms with van der Waals surface area (Å²) >= 11 is 0. The van der Waals surface area contributed by atoms with Crippen molar-refractivity contribution in [3.63, 3.8) is 0 Å². The van der Waals surface area contributed by atoms with E-state index in [1.807, 2.05) is 31.1 Å². The molecular formula is C52H91NO6S2. The number of nitrogens with zero attached hydrogens (tertiary/aromatic N) is 1. The molecular weight excluding hydrogens is 799 g/mol. The summed E-state index contributed by atoms with van der Waals surface area (Å²) in [6.45, 7) is 5.92. The lowest BCUT2D eigenvalue weighted by molar-refractivity contribution is -0.142. The molecule has 0 saturated heterocycles. The maximum absolute atomic E-state index is 13.5. The van der Waals surface area contributed by atoms with Gasteiger partial charge in [-0.1, -0.05) is 233 Å². The molecule has 0 aliphatic carbocycles. The molecule has 0 amide bonds. The maximum atomic E-state index is 13.5. The number of benzene rings is 1. The highest BCUT2D eigenvalue weighted by molar-refractivity contribution is 8.76. The first-order chi connectivity index (χ1) is 29.8. The molecule has 0 aliphatic rings. The first kappa shape index (κ1) is 57.0. The maximum Gasteiger partial charge on any atom is 0.330 e. The summed E-state index contributed by atoms with van der Waals surface area (Å²) in [5, 5.41) is 0. The van der Waals surface area contributed by atoms with Crippen LogP contribution in [0.1, 0.15) is 212 Å². The van der Waals surface area contributed by atoms with Crippen LogP contribution in [-0.4, -0.2) is 68.2 Å². The van der Waals surface area contributed by atoms with Crippen LogP contribution >= 0.6 is 21.6 Å². The van der Waals surface area contributed by atoms with Crippen molar-refractivity contribution in [3.8, 4) is 5.75 Å². The van der Waals surface area contributed by atoms with Crippen molar-refractivity contribution in [2.24, 2.45) is 5.92 Å². The summed E-state index contributed by atoms with van der Waals surface area (Å²) in [7, 11) is 7.05. The van der Waals surface area contributed by atoms with Gasteiger partial charge < -0.3 is 19.1 Å².